The van der Waals surface area contributed by atoms with E-state index in [0.29, 0.717) is 0 Å². The molecule has 1 heterocycles. The Morgan fingerprint density at radius 1 is 0.957 bits per heavy atom. The van der Waals surface area contributed by atoms with Crippen LogP contribution in [0.3, 0.4) is 0 Å². The molecule has 5 heteroatoms. The van der Waals surface area contributed by atoms with Crippen LogP contribution in [-0.2, 0) is 6.54 Å². The first kappa shape index (κ1) is 16.1. The number of anilines is 1. The summed E-state index contributed by atoms with van der Waals surface area (Å²) >= 11 is 11.8. The second-order valence-corrected chi connectivity index (χ2v) is 6.36. The number of para-hydroxylation sites is 1. The second-order valence-electron chi connectivity index (χ2n) is 5.57. The lowest BCUT2D eigenvalue weighted by atomic mass is 10.2. The fourth-order valence-corrected chi connectivity index (χ4v) is 3.25. The summed E-state index contributed by atoms with van der Waals surface area (Å²) in [7, 11) is 0. The molecule has 0 unspecified atom stereocenters. The number of hydrogen-bond acceptors (Lipinski definition) is 2. The van der Waals surface area contributed by atoms with Gasteiger partial charge in [-0.2, -0.15) is 0 Å². The van der Waals surface area contributed by atoms with Gasteiger partial charge in [-0.1, -0.05) is 54.1 Å². The molecule has 3 rings (SSSR count). The minimum atomic E-state index is 0.768. The summed E-state index contributed by atoms with van der Waals surface area (Å²) in [6.07, 6.45) is 0. The molecule has 0 amide bonds. The van der Waals surface area contributed by atoms with E-state index in [-0.39, 0.29) is 0 Å². The summed E-state index contributed by atoms with van der Waals surface area (Å²) in [5, 5.41) is 4.98. The molecule has 0 aliphatic carbocycles. The molecule has 2 aromatic carbocycles. The van der Waals surface area contributed by atoms with Crippen LogP contribution < -0.4 is 10.2 Å². The molecule has 1 fully saturated rings. The van der Waals surface area contributed by atoms with Crippen LogP contribution in [0.2, 0.25) is 5.02 Å². The summed E-state index contributed by atoms with van der Waals surface area (Å²) in [5.74, 6) is 0. The van der Waals surface area contributed by atoms with Gasteiger partial charge in [0.05, 0.1) is 10.7 Å². The molecule has 1 N–H and O–H groups in total. The van der Waals surface area contributed by atoms with E-state index in [9.17, 15) is 0 Å². The number of halogens is 1. The Bertz CT molecular complexity index is 654. The molecule has 1 aliphatic rings. The first-order valence-corrected chi connectivity index (χ1v) is 8.59. The molecular weight excluding hydrogens is 326 g/mol. The average Bonchev–Trinajstić information content (AvgIpc) is 2.61. The van der Waals surface area contributed by atoms with Crippen LogP contribution in [-0.4, -0.2) is 36.2 Å². The summed E-state index contributed by atoms with van der Waals surface area (Å²) in [6.45, 7) is 4.44. The van der Waals surface area contributed by atoms with Crippen LogP contribution in [0.4, 0.5) is 5.69 Å². The van der Waals surface area contributed by atoms with E-state index in [1.54, 1.807) is 0 Å². The van der Waals surface area contributed by atoms with Crippen LogP contribution in [0.1, 0.15) is 5.56 Å². The molecule has 2 aromatic rings. The largest absolute Gasteiger partial charge is 0.367 e. The summed E-state index contributed by atoms with van der Waals surface area (Å²) < 4.78 is 0. The SMILES string of the molecule is S=C(NCc1ccccc1)N1CCN(c2ccccc2Cl)CC1. The van der Waals surface area contributed by atoms with Gasteiger partial charge in [0, 0.05) is 32.7 Å². The zero-order valence-electron chi connectivity index (χ0n) is 12.9. The molecule has 1 aliphatic heterocycles. The Labute approximate surface area is 147 Å². The Hall–Kier alpha value is -1.78. The van der Waals surface area contributed by atoms with Gasteiger partial charge in [-0.15, -0.1) is 0 Å². The topological polar surface area (TPSA) is 18.5 Å². The summed E-state index contributed by atoms with van der Waals surface area (Å²) in [4.78, 5) is 4.55. The number of nitrogens with one attached hydrogen (secondary N) is 1. The van der Waals surface area contributed by atoms with Gasteiger partial charge in [-0.25, -0.2) is 0 Å². The van der Waals surface area contributed by atoms with E-state index in [0.717, 1.165) is 48.5 Å². The average molecular weight is 346 g/mol. The van der Waals surface area contributed by atoms with Crippen molar-refractivity contribution in [3.63, 3.8) is 0 Å². The summed E-state index contributed by atoms with van der Waals surface area (Å²) in [6, 6.07) is 18.3. The summed E-state index contributed by atoms with van der Waals surface area (Å²) in [5.41, 5.74) is 2.35. The molecule has 0 saturated carbocycles. The number of thiocarbonyl (C=S) groups is 1. The molecule has 0 aromatic heterocycles. The smallest absolute Gasteiger partial charge is 0.169 e. The number of piperazine rings is 1. The molecule has 0 radical (unpaired) electrons. The van der Waals surface area contributed by atoms with Gasteiger partial charge in [-0.3, -0.25) is 0 Å². The Kier molecular flexibility index (Phi) is 5.36. The predicted molar refractivity (Wildman–Crippen MR) is 101 cm³/mol. The lowest BCUT2D eigenvalue weighted by Crippen LogP contribution is -2.51. The maximum atomic E-state index is 6.28. The number of rotatable bonds is 3. The van der Waals surface area contributed by atoms with E-state index in [4.69, 9.17) is 23.8 Å². The van der Waals surface area contributed by atoms with Gasteiger partial charge < -0.3 is 15.1 Å². The van der Waals surface area contributed by atoms with Crippen molar-refractivity contribution in [2.45, 2.75) is 6.54 Å². The van der Waals surface area contributed by atoms with E-state index < -0.39 is 0 Å². The zero-order valence-corrected chi connectivity index (χ0v) is 14.5. The van der Waals surface area contributed by atoms with Crippen LogP contribution in [0.15, 0.2) is 54.6 Å². The van der Waals surface area contributed by atoms with Crippen molar-refractivity contribution in [1.82, 2.24) is 10.2 Å². The molecule has 1 saturated heterocycles. The maximum Gasteiger partial charge on any atom is 0.169 e. The highest BCUT2D eigenvalue weighted by Gasteiger charge is 2.20. The standard InChI is InChI=1S/C18H20ClN3S/c19-16-8-4-5-9-17(16)21-10-12-22(13-11-21)18(23)20-14-15-6-2-1-3-7-15/h1-9H,10-14H2,(H,20,23). The fraction of sp³-hybridized carbons (Fsp3) is 0.278. The van der Waals surface area contributed by atoms with Crippen LogP contribution in [0, 0.1) is 0 Å². The van der Waals surface area contributed by atoms with Gasteiger partial charge in [-0.05, 0) is 29.9 Å². The predicted octanol–water partition coefficient (Wildman–Crippen LogP) is 3.54. The van der Waals surface area contributed by atoms with Crippen molar-refractivity contribution in [2.24, 2.45) is 0 Å². The lowest BCUT2D eigenvalue weighted by Gasteiger charge is -2.37. The molecule has 0 atom stereocenters. The third-order valence-electron chi connectivity index (χ3n) is 4.05. The molecular formula is C18H20ClN3S. The third kappa shape index (κ3) is 4.15. The van der Waals surface area contributed by atoms with Crippen molar-refractivity contribution < 1.29 is 0 Å². The Balaban J connectivity index is 1.50. The van der Waals surface area contributed by atoms with Gasteiger partial charge in [0.2, 0.25) is 0 Å². The molecule has 0 spiro atoms. The quantitative estimate of drug-likeness (QED) is 0.857. The Morgan fingerprint density at radius 2 is 1.61 bits per heavy atom. The Morgan fingerprint density at radius 3 is 2.30 bits per heavy atom. The van der Waals surface area contributed by atoms with Crippen molar-refractivity contribution in [2.75, 3.05) is 31.1 Å². The third-order valence-corrected chi connectivity index (χ3v) is 4.77. The highest BCUT2D eigenvalue weighted by Crippen LogP contribution is 2.25. The van der Waals surface area contributed by atoms with Crippen molar-refractivity contribution in [3.8, 4) is 0 Å². The first-order chi connectivity index (χ1) is 11.2. The van der Waals surface area contributed by atoms with Crippen molar-refractivity contribution in [1.29, 1.82) is 0 Å². The molecule has 0 bridgehead atoms. The van der Waals surface area contributed by atoms with E-state index >= 15 is 0 Å². The highest BCUT2D eigenvalue weighted by atomic mass is 35.5. The van der Waals surface area contributed by atoms with E-state index in [1.807, 2.05) is 36.4 Å². The van der Waals surface area contributed by atoms with E-state index in [1.165, 1.54) is 5.56 Å². The zero-order chi connectivity index (χ0) is 16.1. The number of hydrogen-bond donors (Lipinski definition) is 1. The van der Waals surface area contributed by atoms with Crippen LogP contribution in [0.5, 0.6) is 0 Å². The second kappa shape index (κ2) is 7.66. The number of benzene rings is 2. The minimum absolute atomic E-state index is 0.768. The van der Waals surface area contributed by atoms with Gasteiger partial charge in [0.25, 0.3) is 0 Å². The van der Waals surface area contributed by atoms with E-state index in [2.05, 4.69) is 33.3 Å². The van der Waals surface area contributed by atoms with Gasteiger partial charge >= 0.3 is 0 Å². The normalized spacial score (nSPS) is 14.7. The van der Waals surface area contributed by atoms with Crippen molar-refractivity contribution >= 4 is 34.6 Å². The fourth-order valence-electron chi connectivity index (χ4n) is 2.74. The number of nitrogens with zero attached hydrogens (tertiary/aromatic N) is 2. The highest BCUT2D eigenvalue weighted by molar-refractivity contribution is 7.80. The van der Waals surface area contributed by atoms with Crippen molar-refractivity contribution in [3.05, 3.63) is 65.2 Å². The first-order valence-electron chi connectivity index (χ1n) is 7.80. The van der Waals surface area contributed by atoms with Gasteiger partial charge in [0.15, 0.2) is 5.11 Å². The van der Waals surface area contributed by atoms with Crippen LogP contribution in [0.25, 0.3) is 0 Å². The van der Waals surface area contributed by atoms with Crippen LogP contribution >= 0.6 is 23.8 Å². The maximum absolute atomic E-state index is 6.28. The molecule has 23 heavy (non-hydrogen) atoms. The lowest BCUT2D eigenvalue weighted by molar-refractivity contribution is 0.380. The van der Waals surface area contributed by atoms with Gasteiger partial charge in [0.1, 0.15) is 0 Å². The molecule has 3 nitrogen and oxygen atoms in total. The molecule has 120 valence electrons. The monoisotopic (exact) mass is 345 g/mol. The minimum Gasteiger partial charge on any atom is -0.367 e.